The lowest BCUT2D eigenvalue weighted by Gasteiger charge is -2.09. The second-order valence-electron chi connectivity index (χ2n) is 5.23. The molecule has 0 aromatic heterocycles. The van der Waals surface area contributed by atoms with E-state index in [2.05, 4.69) is 21.2 Å². The van der Waals surface area contributed by atoms with Crippen molar-refractivity contribution in [2.75, 3.05) is 11.9 Å². The minimum Gasteiger partial charge on any atom is -0.452 e. The highest BCUT2D eigenvalue weighted by Gasteiger charge is 2.18. The molecule has 0 bridgehead atoms. The number of halogens is 2. The van der Waals surface area contributed by atoms with Crippen molar-refractivity contribution in [1.29, 1.82) is 0 Å². The number of hydrogen-bond acceptors (Lipinski definition) is 7. The van der Waals surface area contributed by atoms with Gasteiger partial charge in [0.25, 0.3) is 11.6 Å². The Bertz CT molecular complexity index is 1080. The van der Waals surface area contributed by atoms with Crippen LogP contribution in [0.5, 0.6) is 0 Å². The zero-order chi connectivity index (χ0) is 21.1. The summed E-state index contributed by atoms with van der Waals surface area (Å²) < 4.78 is 27.8. The molecule has 0 unspecified atom stereocenters. The third kappa shape index (κ3) is 5.48. The summed E-state index contributed by atoms with van der Waals surface area (Å²) in [6, 6.07) is 6.92. The Labute approximate surface area is 171 Å². The van der Waals surface area contributed by atoms with Crippen LogP contribution in [0.15, 0.2) is 45.8 Å². The van der Waals surface area contributed by atoms with E-state index in [9.17, 15) is 28.1 Å². The molecular formula is C15H11BrClN3O7S. The number of sulfonamides is 1. The minimum absolute atomic E-state index is 0.0330. The molecule has 0 heterocycles. The molecule has 0 aliphatic carbocycles. The number of hydrogen-bond donors (Lipinski definition) is 2. The maximum atomic E-state index is 12.1. The normalized spacial score (nSPS) is 11.0. The van der Waals surface area contributed by atoms with Gasteiger partial charge in [-0.2, -0.15) is 0 Å². The number of primary sulfonamides is 1. The molecule has 0 aliphatic heterocycles. The van der Waals surface area contributed by atoms with Crippen LogP contribution >= 0.6 is 27.5 Å². The summed E-state index contributed by atoms with van der Waals surface area (Å²) in [7, 11) is -4.04. The average molecular weight is 493 g/mol. The number of ether oxygens (including phenoxy) is 1. The Kier molecular flexibility index (Phi) is 6.72. The Morgan fingerprint density at radius 3 is 2.54 bits per heavy atom. The molecule has 3 N–H and O–H groups in total. The highest BCUT2D eigenvalue weighted by molar-refractivity contribution is 9.10. The van der Waals surface area contributed by atoms with E-state index in [-0.39, 0.29) is 31.3 Å². The molecule has 2 rings (SSSR count). The van der Waals surface area contributed by atoms with Gasteiger partial charge in [0, 0.05) is 16.6 Å². The number of esters is 1. The Morgan fingerprint density at radius 1 is 1.25 bits per heavy atom. The summed E-state index contributed by atoms with van der Waals surface area (Å²) in [5.41, 5.74) is -0.484. The van der Waals surface area contributed by atoms with E-state index in [0.29, 0.717) is 0 Å². The zero-order valence-corrected chi connectivity index (χ0v) is 16.9. The smallest absolute Gasteiger partial charge is 0.339 e. The average Bonchev–Trinajstić information content (AvgIpc) is 2.60. The molecule has 10 nitrogen and oxygen atoms in total. The molecule has 13 heteroatoms. The maximum absolute atomic E-state index is 12.1. The van der Waals surface area contributed by atoms with Gasteiger partial charge in [-0.3, -0.25) is 14.9 Å². The molecule has 2 aromatic rings. The van der Waals surface area contributed by atoms with Crippen molar-refractivity contribution in [2.24, 2.45) is 5.14 Å². The lowest BCUT2D eigenvalue weighted by atomic mass is 10.2. The van der Waals surface area contributed by atoms with Gasteiger partial charge >= 0.3 is 5.97 Å². The highest BCUT2D eigenvalue weighted by Crippen LogP contribution is 2.26. The number of nitro groups is 1. The largest absolute Gasteiger partial charge is 0.452 e. The molecule has 0 saturated carbocycles. The Balaban J connectivity index is 2.09. The first kappa shape index (κ1) is 21.8. The van der Waals surface area contributed by atoms with Crippen LogP contribution in [-0.2, 0) is 19.6 Å². The fourth-order valence-corrected chi connectivity index (χ4v) is 3.07. The number of nitrogens with one attached hydrogen (secondary N) is 1. The van der Waals surface area contributed by atoms with E-state index in [1.807, 2.05) is 0 Å². The number of rotatable bonds is 6. The van der Waals surface area contributed by atoms with Crippen molar-refractivity contribution in [3.05, 3.63) is 61.6 Å². The lowest BCUT2D eigenvalue weighted by molar-refractivity contribution is -0.384. The molecule has 0 radical (unpaired) electrons. The lowest BCUT2D eigenvalue weighted by Crippen LogP contribution is -2.21. The predicted octanol–water partition coefficient (Wildman–Crippen LogP) is 2.45. The van der Waals surface area contributed by atoms with Gasteiger partial charge in [0.05, 0.1) is 26.1 Å². The number of nitro benzene ring substituents is 1. The quantitative estimate of drug-likeness (QED) is 0.356. The van der Waals surface area contributed by atoms with Crippen molar-refractivity contribution in [1.82, 2.24) is 0 Å². The van der Waals surface area contributed by atoms with Gasteiger partial charge in [-0.1, -0.05) is 11.6 Å². The van der Waals surface area contributed by atoms with E-state index < -0.39 is 33.4 Å². The number of amides is 1. The highest BCUT2D eigenvalue weighted by atomic mass is 79.9. The second-order valence-corrected chi connectivity index (χ2v) is 8.06. The summed E-state index contributed by atoms with van der Waals surface area (Å²) in [6.45, 7) is -0.746. The van der Waals surface area contributed by atoms with Gasteiger partial charge in [-0.25, -0.2) is 18.4 Å². The number of nitrogens with zero attached hydrogens (tertiary/aromatic N) is 1. The molecular weight excluding hydrogens is 482 g/mol. The van der Waals surface area contributed by atoms with E-state index in [1.165, 1.54) is 18.2 Å². The molecule has 0 aliphatic rings. The van der Waals surface area contributed by atoms with Crippen molar-refractivity contribution < 1.29 is 27.7 Å². The van der Waals surface area contributed by atoms with Crippen LogP contribution in [0, 0.1) is 10.1 Å². The van der Waals surface area contributed by atoms with E-state index >= 15 is 0 Å². The summed E-state index contributed by atoms with van der Waals surface area (Å²) >= 11 is 8.94. The van der Waals surface area contributed by atoms with Gasteiger partial charge in [0.1, 0.15) is 0 Å². The van der Waals surface area contributed by atoms with Gasteiger partial charge < -0.3 is 10.1 Å². The molecule has 28 heavy (non-hydrogen) atoms. The Morgan fingerprint density at radius 2 is 1.93 bits per heavy atom. The second kappa shape index (κ2) is 8.65. The van der Waals surface area contributed by atoms with Crippen LogP contribution in [0.3, 0.4) is 0 Å². The number of non-ortho nitro benzene ring substituents is 1. The first-order chi connectivity index (χ1) is 13.0. The standard InChI is InChI=1S/C15H11BrClN3O7S/c16-11-3-2-9(28(18,25)26)6-10(11)15(22)27-7-14(21)19-13-5-8(20(23)24)1-4-12(13)17/h1-6H,7H2,(H,19,21)(H2,18,25,26). The fraction of sp³-hybridized carbons (Fsp3) is 0.0667. The fourth-order valence-electron chi connectivity index (χ4n) is 1.96. The zero-order valence-electron chi connectivity index (χ0n) is 13.7. The number of carbonyl (C=O) groups is 2. The van der Waals surface area contributed by atoms with Crippen LogP contribution < -0.4 is 10.5 Å². The topological polar surface area (TPSA) is 159 Å². The third-order valence-corrected chi connectivity index (χ3v) is 5.19. The van der Waals surface area contributed by atoms with Crippen LogP contribution in [0.1, 0.15) is 10.4 Å². The molecule has 148 valence electrons. The summed E-state index contributed by atoms with van der Waals surface area (Å²) in [6.07, 6.45) is 0. The van der Waals surface area contributed by atoms with Crippen LogP contribution in [0.4, 0.5) is 11.4 Å². The van der Waals surface area contributed by atoms with Crippen molar-refractivity contribution in [3.63, 3.8) is 0 Å². The van der Waals surface area contributed by atoms with Crippen LogP contribution in [-0.4, -0.2) is 31.8 Å². The summed E-state index contributed by atoms with van der Waals surface area (Å²) in [5.74, 6) is -1.80. The molecule has 0 spiro atoms. The number of nitrogens with two attached hydrogens (primary N) is 1. The van der Waals surface area contributed by atoms with Crippen molar-refractivity contribution in [3.8, 4) is 0 Å². The van der Waals surface area contributed by atoms with E-state index in [0.717, 1.165) is 18.2 Å². The number of benzene rings is 2. The van der Waals surface area contributed by atoms with Gasteiger partial charge in [0.15, 0.2) is 6.61 Å². The third-order valence-electron chi connectivity index (χ3n) is 3.26. The van der Waals surface area contributed by atoms with Crippen molar-refractivity contribution >= 4 is 60.8 Å². The summed E-state index contributed by atoms with van der Waals surface area (Å²) in [4.78, 5) is 33.9. The molecule has 1 amide bonds. The Hall–Kier alpha value is -2.54. The molecule has 0 fully saturated rings. The van der Waals surface area contributed by atoms with Crippen LogP contribution in [0.25, 0.3) is 0 Å². The van der Waals surface area contributed by atoms with Gasteiger partial charge in [-0.05, 0) is 40.2 Å². The van der Waals surface area contributed by atoms with Crippen molar-refractivity contribution in [2.45, 2.75) is 4.90 Å². The van der Waals surface area contributed by atoms with Gasteiger partial charge in [0.2, 0.25) is 10.0 Å². The van der Waals surface area contributed by atoms with Crippen LogP contribution in [0.2, 0.25) is 5.02 Å². The molecule has 0 saturated heterocycles. The molecule has 0 atom stereocenters. The van der Waals surface area contributed by atoms with E-state index in [4.69, 9.17) is 21.5 Å². The number of anilines is 1. The SMILES string of the molecule is NS(=O)(=O)c1ccc(Br)c(C(=O)OCC(=O)Nc2cc([N+](=O)[O-])ccc2Cl)c1. The minimum atomic E-state index is -4.04. The maximum Gasteiger partial charge on any atom is 0.339 e. The monoisotopic (exact) mass is 491 g/mol. The first-order valence-electron chi connectivity index (χ1n) is 7.22. The predicted molar refractivity (Wildman–Crippen MR) is 103 cm³/mol. The summed E-state index contributed by atoms with van der Waals surface area (Å²) in [5, 5.41) is 18.1. The molecule has 2 aromatic carbocycles. The first-order valence-corrected chi connectivity index (χ1v) is 9.94. The number of carbonyl (C=O) groups excluding carboxylic acids is 2. The van der Waals surface area contributed by atoms with Gasteiger partial charge in [-0.15, -0.1) is 0 Å². The van der Waals surface area contributed by atoms with E-state index in [1.54, 1.807) is 0 Å².